The quantitative estimate of drug-likeness (QED) is 0.799. The average Bonchev–Trinajstić information content (AvgIpc) is 2.99. The molecule has 0 saturated heterocycles. The molecule has 6 heteroatoms. The molecular formula is C14H13ClN4O. The Hall–Kier alpha value is -2.01. The number of aromatic nitrogens is 3. The minimum atomic E-state index is 0.248. The van der Waals surface area contributed by atoms with Crippen LogP contribution in [0.1, 0.15) is 30.2 Å². The van der Waals surface area contributed by atoms with E-state index < -0.39 is 0 Å². The largest absolute Gasteiger partial charge is 0.467 e. The first kappa shape index (κ1) is 11.8. The van der Waals surface area contributed by atoms with Crippen molar-refractivity contribution in [3.63, 3.8) is 0 Å². The van der Waals surface area contributed by atoms with Crippen LogP contribution < -0.4 is 5.32 Å². The lowest BCUT2D eigenvalue weighted by atomic mass is 10.3. The normalized spacial score (nSPS) is 14.8. The molecule has 3 aromatic heterocycles. The fraction of sp³-hybridized carbons (Fsp3) is 0.286. The molecular weight excluding hydrogens is 276 g/mol. The van der Waals surface area contributed by atoms with E-state index in [0.717, 1.165) is 17.1 Å². The molecule has 0 unspecified atom stereocenters. The van der Waals surface area contributed by atoms with Crippen LogP contribution in [-0.2, 0) is 6.54 Å². The van der Waals surface area contributed by atoms with Crippen LogP contribution in [-0.4, -0.2) is 14.6 Å². The number of anilines is 1. The summed E-state index contributed by atoms with van der Waals surface area (Å²) < 4.78 is 7.21. The van der Waals surface area contributed by atoms with E-state index in [1.165, 1.54) is 18.5 Å². The first-order valence-electron chi connectivity index (χ1n) is 6.63. The van der Waals surface area contributed by atoms with Crippen LogP contribution in [0.2, 0.25) is 5.28 Å². The molecule has 0 bridgehead atoms. The lowest BCUT2D eigenvalue weighted by Crippen LogP contribution is -2.06. The van der Waals surface area contributed by atoms with E-state index in [0.29, 0.717) is 12.5 Å². The van der Waals surface area contributed by atoms with Crippen LogP contribution in [0.15, 0.2) is 34.9 Å². The van der Waals surface area contributed by atoms with Gasteiger partial charge in [-0.2, -0.15) is 4.98 Å². The zero-order valence-corrected chi connectivity index (χ0v) is 11.5. The van der Waals surface area contributed by atoms with Crippen molar-refractivity contribution in [3.8, 4) is 0 Å². The minimum absolute atomic E-state index is 0.248. The van der Waals surface area contributed by atoms with Gasteiger partial charge < -0.3 is 9.73 Å². The van der Waals surface area contributed by atoms with Gasteiger partial charge in [-0.05, 0) is 48.7 Å². The topological polar surface area (TPSA) is 55.4 Å². The second-order valence-electron chi connectivity index (χ2n) is 4.99. The summed E-state index contributed by atoms with van der Waals surface area (Å²) in [6.45, 7) is 0.569. The molecule has 102 valence electrons. The Balaban J connectivity index is 1.70. The molecule has 0 aliphatic heterocycles. The molecule has 4 rings (SSSR count). The van der Waals surface area contributed by atoms with Gasteiger partial charge in [-0.15, -0.1) is 5.10 Å². The fourth-order valence-corrected chi connectivity index (χ4v) is 2.55. The third-order valence-electron chi connectivity index (χ3n) is 3.52. The van der Waals surface area contributed by atoms with Crippen molar-refractivity contribution in [2.45, 2.75) is 25.3 Å². The van der Waals surface area contributed by atoms with Crippen LogP contribution in [0.5, 0.6) is 0 Å². The van der Waals surface area contributed by atoms with Crippen LogP contribution in [0, 0.1) is 0 Å². The van der Waals surface area contributed by atoms with E-state index >= 15 is 0 Å². The summed E-state index contributed by atoms with van der Waals surface area (Å²) in [5.74, 6) is 2.20. The summed E-state index contributed by atoms with van der Waals surface area (Å²) in [5.41, 5.74) is 2.16. The molecule has 1 aliphatic rings. The Labute approximate surface area is 120 Å². The minimum Gasteiger partial charge on any atom is -0.467 e. The maximum atomic E-state index is 6.03. The highest BCUT2D eigenvalue weighted by atomic mass is 35.5. The summed E-state index contributed by atoms with van der Waals surface area (Å²) in [5, 5.41) is 7.81. The number of halogens is 1. The standard InChI is InChI=1S/C14H13ClN4O/c15-14-17-13(16-8-10-2-1-7-20-10)12-6-5-11(9-3-4-9)19(12)18-14/h1-2,5-7,9H,3-4,8H2,(H,16,17,18). The van der Waals surface area contributed by atoms with Crippen LogP contribution in [0.3, 0.4) is 0 Å². The van der Waals surface area contributed by atoms with Gasteiger partial charge in [-0.25, -0.2) is 4.52 Å². The first-order valence-corrected chi connectivity index (χ1v) is 7.00. The van der Waals surface area contributed by atoms with E-state index in [1.807, 2.05) is 22.7 Å². The zero-order chi connectivity index (χ0) is 13.5. The highest BCUT2D eigenvalue weighted by Gasteiger charge is 2.27. The first-order chi connectivity index (χ1) is 9.81. The molecule has 20 heavy (non-hydrogen) atoms. The molecule has 1 aliphatic carbocycles. The summed E-state index contributed by atoms with van der Waals surface area (Å²) >= 11 is 6.03. The number of nitrogens with zero attached hydrogens (tertiary/aromatic N) is 3. The lowest BCUT2D eigenvalue weighted by Gasteiger charge is -2.07. The van der Waals surface area contributed by atoms with Crippen molar-refractivity contribution in [3.05, 3.63) is 47.3 Å². The summed E-state index contributed by atoms with van der Waals surface area (Å²) in [6, 6.07) is 7.92. The monoisotopic (exact) mass is 288 g/mol. The number of furan rings is 1. The lowest BCUT2D eigenvalue weighted by molar-refractivity contribution is 0.518. The van der Waals surface area contributed by atoms with Gasteiger partial charge in [0.25, 0.3) is 0 Å². The van der Waals surface area contributed by atoms with E-state index in [-0.39, 0.29) is 5.28 Å². The molecule has 3 heterocycles. The van der Waals surface area contributed by atoms with Crippen molar-refractivity contribution in [1.82, 2.24) is 14.6 Å². The van der Waals surface area contributed by atoms with Crippen molar-refractivity contribution in [2.24, 2.45) is 0 Å². The molecule has 1 N–H and O–H groups in total. The maximum Gasteiger partial charge on any atom is 0.243 e. The van der Waals surface area contributed by atoms with Gasteiger partial charge in [-0.1, -0.05) is 0 Å². The molecule has 0 radical (unpaired) electrons. The van der Waals surface area contributed by atoms with Crippen LogP contribution in [0.25, 0.3) is 5.52 Å². The average molecular weight is 289 g/mol. The zero-order valence-electron chi connectivity index (χ0n) is 10.7. The molecule has 0 spiro atoms. The Morgan fingerprint density at radius 3 is 3.00 bits per heavy atom. The maximum absolute atomic E-state index is 6.03. The number of fused-ring (bicyclic) bond motifs is 1. The van der Waals surface area contributed by atoms with Gasteiger partial charge >= 0.3 is 0 Å². The predicted molar refractivity (Wildman–Crippen MR) is 76.0 cm³/mol. The summed E-state index contributed by atoms with van der Waals surface area (Å²) in [4.78, 5) is 4.27. The Morgan fingerprint density at radius 2 is 2.25 bits per heavy atom. The third kappa shape index (κ3) is 2.04. The highest BCUT2D eigenvalue weighted by Crippen LogP contribution is 2.41. The second kappa shape index (κ2) is 4.52. The van der Waals surface area contributed by atoms with Crippen molar-refractivity contribution in [2.75, 3.05) is 5.32 Å². The number of hydrogen-bond donors (Lipinski definition) is 1. The number of nitrogens with one attached hydrogen (secondary N) is 1. The van der Waals surface area contributed by atoms with E-state index in [9.17, 15) is 0 Å². The summed E-state index contributed by atoms with van der Waals surface area (Å²) in [7, 11) is 0. The van der Waals surface area contributed by atoms with Crippen molar-refractivity contribution < 1.29 is 4.42 Å². The smallest absolute Gasteiger partial charge is 0.243 e. The van der Waals surface area contributed by atoms with Crippen molar-refractivity contribution >= 4 is 22.9 Å². The molecule has 5 nitrogen and oxygen atoms in total. The van der Waals surface area contributed by atoms with E-state index in [2.05, 4.69) is 21.5 Å². The van der Waals surface area contributed by atoms with E-state index in [1.54, 1.807) is 6.26 Å². The van der Waals surface area contributed by atoms with Gasteiger partial charge in [0, 0.05) is 11.6 Å². The molecule has 0 aromatic carbocycles. The SMILES string of the molecule is Clc1nc(NCc2ccco2)c2ccc(C3CC3)n2n1. The Bertz CT molecular complexity index is 746. The van der Waals surface area contributed by atoms with Crippen LogP contribution >= 0.6 is 11.6 Å². The van der Waals surface area contributed by atoms with E-state index in [4.69, 9.17) is 16.0 Å². The van der Waals surface area contributed by atoms with Gasteiger partial charge in [0.1, 0.15) is 11.3 Å². The van der Waals surface area contributed by atoms with Crippen molar-refractivity contribution in [1.29, 1.82) is 0 Å². The molecule has 1 fully saturated rings. The van der Waals surface area contributed by atoms with Gasteiger partial charge in [0.15, 0.2) is 5.82 Å². The number of rotatable bonds is 4. The molecule has 3 aromatic rings. The number of hydrogen-bond acceptors (Lipinski definition) is 4. The van der Waals surface area contributed by atoms with Gasteiger partial charge in [0.05, 0.1) is 12.8 Å². The Morgan fingerprint density at radius 1 is 1.35 bits per heavy atom. The summed E-state index contributed by atoms with van der Waals surface area (Å²) in [6.07, 6.45) is 4.10. The van der Waals surface area contributed by atoms with Crippen LogP contribution in [0.4, 0.5) is 5.82 Å². The van der Waals surface area contributed by atoms with Gasteiger partial charge in [0.2, 0.25) is 5.28 Å². The Kier molecular flexibility index (Phi) is 2.67. The highest BCUT2D eigenvalue weighted by molar-refractivity contribution is 6.28. The molecule has 0 amide bonds. The predicted octanol–water partition coefficient (Wildman–Crippen LogP) is 3.47. The third-order valence-corrected chi connectivity index (χ3v) is 3.68. The fourth-order valence-electron chi connectivity index (χ4n) is 2.39. The molecule has 1 saturated carbocycles. The second-order valence-corrected chi connectivity index (χ2v) is 5.33. The van der Waals surface area contributed by atoms with Gasteiger partial charge in [-0.3, -0.25) is 0 Å². The molecule has 0 atom stereocenters.